The Morgan fingerprint density at radius 3 is 1.25 bits per heavy atom. The molecular weight excluding hydrogens is 272 g/mol. The molecule has 0 aliphatic carbocycles. The Kier molecular flexibility index (Phi) is 3.61. The van der Waals surface area contributed by atoms with Crippen molar-refractivity contribution in [3.63, 3.8) is 0 Å². The third-order valence-corrected chi connectivity index (χ3v) is 2.84. The number of rotatable bonds is 4. The average molecular weight is 282 g/mol. The van der Waals surface area contributed by atoms with Crippen molar-refractivity contribution in [3.8, 4) is 0 Å². The van der Waals surface area contributed by atoms with Gasteiger partial charge in [0, 0.05) is 11.1 Å². The number of carbonyl (C=O) groups excluding carboxylic acids is 1. The van der Waals surface area contributed by atoms with Crippen molar-refractivity contribution in [3.05, 3.63) is 71.8 Å². The van der Waals surface area contributed by atoms with Gasteiger partial charge in [-0.1, -0.05) is 60.7 Å². The molecule has 0 aromatic heterocycles. The summed E-state index contributed by atoms with van der Waals surface area (Å²) in [5.41, 5.74) is -1.50. The van der Waals surface area contributed by atoms with Crippen molar-refractivity contribution in [1.82, 2.24) is 0 Å². The second kappa shape index (κ2) is 5.07. The molecule has 1 nitrogen and oxygen atoms in total. The first-order valence-electron chi connectivity index (χ1n) is 5.78. The quantitative estimate of drug-likeness (QED) is 0.770. The average Bonchev–Trinajstić information content (AvgIpc) is 2.48. The van der Waals surface area contributed by atoms with Crippen LogP contribution in [0.5, 0.6) is 0 Å². The summed E-state index contributed by atoms with van der Waals surface area (Å²) in [5, 5.41) is 0. The molecule has 2 aromatic rings. The summed E-state index contributed by atoms with van der Waals surface area (Å²) in [6, 6.07) is 11.7. The van der Waals surface area contributed by atoms with Crippen molar-refractivity contribution in [1.29, 1.82) is 0 Å². The Morgan fingerprint density at radius 1 is 0.650 bits per heavy atom. The summed E-state index contributed by atoms with van der Waals surface area (Å²) >= 11 is 0. The van der Waals surface area contributed by atoms with Crippen LogP contribution in [0.25, 0.3) is 0 Å². The fourth-order valence-corrected chi connectivity index (χ4v) is 1.75. The van der Waals surface area contributed by atoms with E-state index < -0.39 is 28.8 Å². The highest BCUT2D eigenvalue weighted by atomic mass is 19.3. The summed E-state index contributed by atoms with van der Waals surface area (Å²) in [5.74, 6) is -10.9. The lowest BCUT2D eigenvalue weighted by Crippen LogP contribution is -2.39. The molecule has 0 aliphatic rings. The molecule has 0 bridgehead atoms. The third kappa shape index (κ3) is 2.43. The first-order valence-corrected chi connectivity index (χ1v) is 5.78. The highest BCUT2D eigenvalue weighted by molar-refractivity contribution is 5.93. The molecule has 0 spiro atoms. The zero-order valence-electron chi connectivity index (χ0n) is 10.2. The van der Waals surface area contributed by atoms with Gasteiger partial charge < -0.3 is 0 Å². The molecule has 5 heteroatoms. The molecule has 20 heavy (non-hydrogen) atoms. The Balaban J connectivity index is 2.40. The molecule has 2 aromatic carbocycles. The molecule has 2 rings (SSSR count). The van der Waals surface area contributed by atoms with E-state index in [9.17, 15) is 22.4 Å². The minimum absolute atomic E-state index is 0.749. The minimum atomic E-state index is -4.25. The number of halogens is 4. The Labute approximate surface area is 112 Å². The Bertz CT molecular complexity index is 540. The van der Waals surface area contributed by atoms with E-state index in [1.54, 1.807) is 0 Å². The normalized spacial score (nSPS) is 12.2. The van der Waals surface area contributed by atoms with Gasteiger partial charge in [0.05, 0.1) is 0 Å². The molecule has 0 atom stereocenters. The lowest BCUT2D eigenvalue weighted by molar-refractivity contribution is -0.172. The third-order valence-electron chi connectivity index (χ3n) is 2.84. The summed E-state index contributed by atoms with van der Waals surface area (Å²) in [6.45, 7) is 0. The fourth-order valence-electron chi connectivity index (χ4n) is 1.75. The van der Waals surface area contributed by atoms with E-state index >= 15 is 0 Å². The lowest BCUT2D eigenvalue weighted by Gasteiger charge is -2.22. The van der Waals surface area contributed by atoms with Crippen LogP contribution in [0.3, 0.4) is 0 Å². The van der Waals surface area contributed by atoms with E-state index in [0.29, 0.717) is 0 Å². The Hall–Kier alpha value is -2.17. The molecule has 0 radical (unpaired) electrons. The predicted octanol–water partition coefficient (Wildman–Crippen LogP) is 4.14. The fraction of sp³-hybridized carbons (Fsp3) is 0.133. The van der Waals surface area contributed by atoms with E-state index in [4.69, 9.17) is 0 Å². The summed E-state index contributed by atoms with van der Waals surface area (Å²) in [4.78, 5) is 11.6. The van der Waals surface area contributed by atoms with Gasteiger partial charge in [-0.05, 0) is 0 Å². The molecular formula is C15H10F4O. The number of hydrogen-bond acceptors (Lipinski definition) is 1. The molecule has 0 heterocycles. The first-order chi connectivity index (χ1) is 9.37. The summed E-state index contributed by atoms with van der Waals surface area (Å²) in [7, 11) is 0. The molecule has 0 amide bonds. The second-order valence-corrected chi connectivity index (χ2v) is 4.21. The van der Waals surface area contributed by atoms with Gasteiger partial charge in [-0.2, -0.15) is 17.6 Å². The predicted molar refractivity (Wildman–Crippen MR) is 65.7 cm³/mol. The molecule has 0 N–H and O–H groups in total. The zero-order chi connectivity index (χ0) is 14.8. The number of Topliss-reactive ketones (excluding diaryl/α,β-unsaturated/α-hetero) is 1. The van der Waals surface area contributed by atoms with E-state index in [1.165, 1.54) is 36.4 Å². The van der Waals surface area contributed by atoms with E-state index in [0.717, 1.165) is 24.3 Å². The maximum atomic E-state index is 13.9. The van der Waals surface area contributed by atoms with E-state index in [2.05, 4.69) is 0 Å². The number of hydrogen-bond donors (Lipinski definition) is 0. The van der Waals surface area contributed by atoms with Gasteiger partial charge in [-0.25, -0.2) is 0 Å². The van der Waals surface area contributed by atoms with Crippen LogP contribution in [-0.4, -0.2) is 5.78 Å². The van der Waals surface area contributed by atoms with Crippen LogP contribution in [-0.2, 0) is 16.6 Å². The van der Waals surface area contributed by atoms with E-state index in [1.807, 2.05) is 0 Å². The van der Waals surface area contributed by atoms with Gasteiger partial charge in [0.15, 0.2) is 0 Å². The monoisotopic (exact) mass is 282 g/mol. The van der Waals surface area contributed by atoms with Crippen LogP contribution in [0, 0.1) is 0 Å². The number of carbonyl (C=O) groups is 1. The van der Waals surface area contributed by atoms with Gasteiger partial charge >= 0.3 is 11.8 Å². The van der Waals surface area contributed by atoms with Crippen LogP contribution in [0.15, 0.2) is 60.7 Å². The zero-order valence-corrected chi connectivity index (χ0v) is 10.2. The standard InChI is InChI=1S/C15H10F4O/c16-14(17,11-7-3-1-4-8-11)13(20)15(18,19)12-9-5-2-6-10-12/h1-10H. The van der Waals surface area contributed by atoms with Crippen molar-refractivity contribution in [2.45, 2.75) is 11.8 Å². The van der Waals surface area contributed by atoms with Crippen molar-refractivity contribution < 1.29 is 22.4 Å². The lowest BCUT2D eigenvalue weighted by atomic mass is 9.96. The van der Waals surface area contributed by atoms with Crippen LogP contribution < -0.4 is 0 Å². The highest BCUT2D eigenvalue weighted by Crippen LogP contribution is 2.40. The van der Waals surface area contributed by atoms with E-state index in [-0.39, 0.29) is 0 Å². The molecule has 0 aliphatic heterocycles. The van der Waals surface area contributed by atoms with Crippen molar-refractivity contribution >= 4 is 5.78 Å². The van der Waals surface area contributed by atoms with Crippen LogP contribution in [0.1, 0.15) is 11.1 Å². The van der Waals surface area contributed by atoms with Gasteiger partial charge in [0.2, 0.25) is 0 Å². The molecule has 0 fully saturated rings. The summed E-state index contributed by atoms with van der Waals surface area (Å²) < 4.78 is 55.6. The molecule has 0 saturated heterocycles. The van der Waals surface area contributed by atoms with Gasteiger partial charge in [-0.3, -0.25) is 4.79 Å². The largest absolute Gasteiger partial charge is 0.337 e. The van der Waals surface area contributed by atoms with Gasteiger partial charge in [-0.15, -0.1) is 0 Å². The van der Waals surface area contributed by atoms with Crippen LogP contribution >= 0.6 is 0 Å². The first kappa shape index (κ1) is 14.2. The maximum Gasteiger partial charge on any atom is 0.337 e. The van der Waals surface area contributed by atoms with Crippen LogP contribution in [0.4, 0.5) is 17.6 Å². The van der Waals surface area contributed by atoms with Crippen molar-refractivity contribution in [2.75, 3.05) is 0 Å². The molecule has 0 unspecified atom stereocenters. The highest BCUT2D eigenvalue weighted by Gasteiger charge is 2.55. The maximum absolute atomic E-state index is 13.9. The molecule has 104 valence electrons. The summed E-state index contributed by atoms with van der Waals surface area (Å²) in [6.07, 6.45) is 0. The number of alkyl halides is 4. The number of ketones is 1. The molecule has 0 saturated carbocycles. The second-order valence-electron chi connectivity index (χ2n) is 4.21. The number of benzene rings is 2. The minimum Gasteiger partial charge on any atom is -0.285 e. The SMILES string of the molecule is O=C(C(F)(F)c1ccccc1)C(F)(F)c1ccccc1. The van der Waals surface area contributed by atoms with Gasteiger partial charge in [0.25, 0.3) is 5.78 Å². The smallest absolute Gasteiger partial charge is 0.285 e. The Morgan fingerprint density at radius 2 is 0.950 bits per heavy atom. The van der Waals surface area contributed by atoms with Gasteiger partial charge in [0.1, 0.15) is 0 Å². The van der Waals surface area contributed by atoms with Crippen LogP contribution in [0.2, 0.25) is 0 Å². The topological polar surface area (TPSA) is 17.1 Å². The van der Waals surface area contributed by atoms with Crippen molar-refractivity contribution in [2.24, 2.45) is 0 Å².